The van der Waals surface area contributed by atoms with Crippen molar-refractivity contribution in [3.63, 3.8) is 0 Å². The van der Waals surface area contributed by atoms with Gasteiger partial charge in [-0.25, -0.2) is 4.79 Å². The summed E-state index contributed by atoms with van der Waals surface area (Å²) >= 11 is 0. The monoisotopic (exact) mass is 357 g/mol. The van der Waals surface area contributed by atoms with Crippen molar-refractivity contribution in [2.45, 2.75) is 58.4 Å². The van der Waals surface area contributed by atoms with Gasteiger partial charge in [-0.1, -0.05) is 26.7 Å². The number of carbonyl (C=O) groups excluding carboxylic acids is 2. The molecule has 0 spiro atoms. The lowest BCUT2D eigenvalue weighted by atomic mass is 9.86. The average molecular weight is 357 g/mol. The fourth-order valence-corrected chi connectivity index (χ4v) is 3.96. The minimum Gasteiger partial charge on any atom is -0.339 e. The van der Waals surface area contributed by atoms with Gasteiger partial charge in [-0.3, -0.25) is 4.79 Å². The zero-order valence-electron chi connectivity index (χ0n) is 16.0. The number of hydrogen-bond donors (Lipinski definition) is 2. The molecule has 3 amide bonds. The highest BCUT2D eigenvalue weighted by atomic mass is 16.2. The van der Waals surface area contributed by atoms with Gasteiger partial charge in [0.05, 0.1) is 0 Å². The van der Waals surface area contributed by atoms with Crippen LogP contribution in [0.4, 0.5) is 10.5 Å². The van der Waals surface area contributed by atoms with E-state index in [1.807, 2.05) is 17.0 Å². The Balaban J connectivity index is 1.52. The number of rotatable bonds is 3. The number of urea groups is 1. The topological polar surface area (TPSA) is 61.4 Å². The van der Waals surface area contributed by atoms with Gasteiger partial charge in [-0.2, -0.15) is 0 Å². The van der Waals surface area contributed by atoms with E-state index in [9.17, 15) is 9.59 Å². The van der Waals surface area contributed by atoms with Crippen molar-refractivity contribution in [2.75, 3.05) is 18.4 Å². The van der Waals surface area contributed by atoms with Crippen LogP contribution < -0.4 is 10.6 Å². The molecule has 5 nitrogen and oxygen atoms in total. The van der Waals surface area contributed by atoms with Crippen LogP contribution in [-0.4, -0.2) is 36.0 Å². The van der Waals surface area contributed by atoms with Gasteiger partial charge in [0.15, 0.2) is 0 Å². The van der Waals surface area contributed by atoms with Crippen LogP contribution in [0.3, 0.4) is 0 Å². The third kappa shape index (κ3) is 4.77. The Hall–Kier alpha value is -2.04. The molecule has 0 bridgehead atoms. The maximum Gasteiger partial charge on any atom is 0.319 e. The van der Waals surface area contributed by atoms with Crippen LogP contribution in [0.1, 0.15) is 62.7 Å². The van der Waals surface area contributed by atoms with E-state index < -0.39 is 0 Å². The molecule has 5 heteroatoms. The Morgan fingerprint density at radius 2 is 1.62 bits per heavy atom. The third-order valence-corrected chi connectivity index (χ3v) is 5.89. The molecule has 1 aliphatic carbocycles. The van der Waals surface area contributed by atoms with E-state index in [1.165, 1.54) is 19.3 Å². The molecule has 3 rings (SSSR count). The van der Waals surface area contributed by atoms with Gasteiger partial charge in [0.2, 0.25) is 0 Å². The van der Waals surface area contributed by atoms with E-state index in [0.717, 1.165) is 38.0 Å². The predicted molar refractivity (Wildman–Crippen MR) is 104 cm³/mol. The number of piperidine rings is 1. The molecule has 1 saturated heterocycles. The summed E-state index contributed by atoms with van der Waals surface area (Å²) in [6.07, 6.45) is 6.82. The van der Waals surface area contributed by atoms with Crippen molar-refractivity contribution in [2.24, 2.45) is 11.8 Å². The van der Waals surface area contributed by atoms with Gasteiger partial charge in [0, 0.05) is 30.4 Å². The van der Waals surface area contributed by atoms with Crippen LogP contribution in [0, 0.1) is 11.8 Å². The molecule has 2 fully saturated rings. The number of hydrogen-bond acceptors (Lipinski definition) is 2. The number of nitrogens with one attached hydrogen (secondary N) is 2. The van der Waals surface area contributed by atoms with Crippen molar-refractivity contribution in [1.29, 1.82) is 0 Å². The van der Waals surface area contributed by atoms with Gasteiger partial charge < -0.3 is 15.5 Å². The van der Waals surface area contributed by atoms with Crippen molar-refractivity contribution in [3.8, 4) is 0 Å². The van der Waals surface area contributed by atoms with Crippen LogP contribution in [0.5, 0.6) is 0 Å². The summed E-state index contributed by atoms with van der Waals surface area (Å²) in [5.74, 6) is 1.32. The predicted octanol–water partition coefficient (Wildman–Crippen LogP) is 4.26. The number of nitrogens with zero attached hydrogens (tertiary/aromatic N) is 1. The molecule has 2 unspecified atom stereocenters. The van der Waals surface area contributed by atoms with E-state index in [4.69, 9.17) is 0 Å². The smallest absolute Gasteiger partial charge is 0.319 e. The first-order valence-corrected chi connectivity index (χ1v) is 10.00. The number of carbonyl (C=O) groups is 2. The fourth-order valence-electron chi connectivity index (χ4n) is 3.96. The first kappa shape index (κ1) is 18.7. The second-order valence-corrected chi connectivity index (χ2v) is 8.02. The highest BCUT2D eigenvalue weighted by Gasteiger charge is 2.23. The Morgan fingerprint density at radius 3 is 2.27 bits per heavy atom. The summed E-state index contributed by atoms with van der Waals surface area (Å²) in [4.78, 5) is 26.7. The van der Waals surface area contributed by atoms with Crippen LogP contribution in [0.15, 0.2) is 24.3 Å². The minimum absolute atomic E-state index is 0.0870. The Labute approximate surface area is 156 Å². The van der Waals surface area contributed by atoms with Crippen LogP contribution >= 0.6 is 0 Å². The SMILES string of the molecule is CC1CCN(C(=O)c2ccc(NC(=O)NC3CCCCC3C)cc2)CC1. The van der Waals surface area contributed by atoms with E-state index in [1.54, 1.807) is 12.1 Å². The van der Waals surface area contributed by atoms with Crippen molar-refractivity contribution < 1.29 is 9.59 Å². The first-order valence-electron chi connectivity index (χ1n) is 10.00. The van der Waals surface area contributed by atoms with E-state index >= 15 is 0 Å². The van der Waals surface area contributed by atoms with Crippen LogP contribution in [0.25, 0.3) is 0 Å². The summed E-state index contributed by atoms with van der Waals surface area (Å²) in [5, 5.41) is 5.97. The van der Waals surface area contributed by atoms with E-state index in [2.05, 4.69) is 24.5 Å². The Morgan fingerprint density at radius 1 is 0.962 bits per heavy atom. The van der Waals surface area contributed by atoms with Crippen LogP contribution in [0.2, 0.25) is 0 Å². The molecule has 0 aromatic heterocycles. The highest BCUT2D eigenvalue weighted by molar-refractivity contribution is 5.95. The van der Waals surface area contributed by atoms with E-state index in [-0.39, 0.29) is 18.0 Å². The molecule has 1 aromatic carbocycles. The zero-order valence-corrected chi connectivity index (χ0v) is 16.0. The van der Waals surface area contributed by atoms with Gasteiger partial charge >= 0.3 is 6.03 Å². The largest absolute Gasteiger partial charge is 0.339 e. The second kappa shape index (κ2) is 8.56. The molecule has 2 atom stereocenters. The lowest BCUT2D eigenvalue weighted by molar-refractivity contribution is 0.0697. The molecule has 2 aliphatic rings. The molecular formula is C21H31N3O2. The highest BCUT2D eigenvalue weighted by Crippen LogP contribution is 2.24. The molecule has 2 N–H and O–H groups in total. The molecule has 0 radical (unpaired) electrons. The average Bonchev–Trinajstić information content (AvgIpc) is 2.64. The Kier molecular flexibility index (Phi) is 6.17. The maximum absolute atomic E-state index is 12.6. The van der Waals surface area contributed by atoms with Gasteiger partial charge in [-0.15, -0.1) is 0 Å². The number of benzene rings is 1. The molecular weight excluding hydrogens is 326 g/mol. The molecule has 1 aromatic rings. The summed E-state index contributed by atoms with van der Waals surface area (Å²) in [6, 6.07) is 7.32. The summed E-state index contributed by atoms with van der Waals surface area (Å²) in [6.45, 7) is 6.11. The second-order valence-electron chi connectivity index (χ2n) is 8.02. The number of likely N-dealkylation sites (tertiary alicyclic amines) is 1. The minimum atomic E-state index is -0.159. The normalized spacial score (nSPS) is 24.2. The Bertz CT molecular complexity index is 621. The first-order chi connectivity index (χ1) is 12.5. The van der Waals surface area contributed by atoms with Gasteiger partial charge in [0.1, 0.15) is 0 Å². The van der Waals surface area contributed by atoms with Crippen molar-refractivity contribution in [3.05, 3.63) is 29.8 Å². The quantitative estimate of drug-likeness (QED) is 0.849. The van der Waals surface area contributed by atoms with Crippen molar-refractivity contribution in [1.82, 2.24) is 10.2 Å². The third-order valence-electron chi connectivity index (χ3n) is 5.89. The molecule has 1 saturated carbocycles. The number of amides is 3. The standard InChI is InChI=1S/C21H31N3O2/c1-15-11-13-24(14-12-15)20(25)17-7-9-18(10-8-17)22-21(26)23-19-6-4-3-5-16(19)2/h7-10,15-16,19H,3-6,11-14H2,1-2H3,(H2,22,23,26). The molecule has 1 aliphatic heterocycles. The molecule has 142 valence electrons. The zero-order chi connectivity index (χ0) is 18.5. The van der Waals surface area contributed by atoms with Gasteiger partial charge in [0.25, 0.3) is 5.91 Å². The molecule has 26 heavy (non-hydrogen) atoms. The maximum atomic E-state index is 12.6. The summed E-state index contributed by atoms with van der Waals surface area (Å²) in [7, 11) is 0. The lowest BCUT2D eigenvalue weighted by Gasteiger charge is -2.30. The lowest BCUT2D eigenvalue weighted by Crippen LogP contribution is -2.43. The van der Waals surface area contributed by atoms with Crippen LogP contribution in [-0.2, 0) is 0 Å². The van der Waals surface area contributed by atoms with Gasteiger partial charge in [-0.05, 0) is 61.8 Å². The van der Waals surface area contributed by atoms with E-state index in [0.29, 0.717) is 17.4 Å². The fraction of sp³-hybridized carbons (Fsp3) is 0.619. The van der Waals surface area contributed by atoms with Crippen molar-refractivity contribution >= 4 is 17.6 Å². The molecule has 1 heterocycles. The summed E-state index contributed by atoms with van der Waals surface area (Å²) < 4.78 is 0. The number of anilines is 1. The summed E-state index contributed by atoms with van der Waals surface area (Å²) in [5.41, 5.74) is 1.40.